The Morgan fingerprint density at radius 2 is 1.20 bits per heavy atom. The Labute approximate surface area is 112 Å². The average molecular weight is 282 g/mol. The first kappa shape index (κ1) is 14.2. The monoisotopic (exact) mass is 282 g/mol. The molecule has 0 unspecified atom stereocenters. The molecule has 0 bridgehead atoms. The summed E-state index contributed by atoms with van der Waals surface area (Å²) in [5.41, 5.74) is 0.336. The van der Waals surface area contributed by atoms with Crippen LogP contribution in [0.5, 0.6) is 0 Å². The minimum atomic E-state index is -2.67. The molecule has 0 amide bonds. The molecule has 0 fully saturated rings. The van der Waals surface area contributed by atoms with Crippen molar-refractivity contribution in [3.8, 4) is 0 Å². The highest BCUT2D eigenvalue weighted by atomic mass is 19.2. The Morgan fingerprint density at radius 3 is 1.55 bits per heavy atom. The molecular formula is C10H8B2F4N4. The van der Waals surface area contributed by atoms with Crippen molar-refractivity contribution >= 4 is 27.2 Å². The van der Waals surface area contributed by atoms with Gasteiger partial charge in [0.15, 0.2) is 0 Å². The lowest BCUT2D eigenvalue weighted by molar-refractivity contribution is 0.628. The van der Waals surface area contributed by atoms with Gasteiger partial charge in [0, 0.05) is 0 Å². The first-order valence-corrected chi connectivity index (χ1v) is 5.56. The van der Waals surface area contributed by atoms with Crippen molar-refractivity contribution in [1.82, 2.24) is 8.96 Å². The molecule has 0 N–H and O–H groups in total. The molecule has 0 aliphatic carbocycles. The first-order valence-electron chi connectivity index (χ1n) is 5.56. The van der Waals surface area contributed by atoms with E-state index in [0.717, 1.165) is 12.4 Å². The molecule has 0 aliphatic heterocycles. The van der Waals surface area contributed by atoms with Crippen molar-refractivity contribution in [1.29, 1.82) is 0 Å². The van der Waals surface area contributed by atoms with Gasteiger partial charge in [-0.1, -0.05) is 0 Å². The van der Waals surface area contributed by atoms with Crippen LogP contribution in [0.25, 0.3) is 0 Å². The fourth-order valence-electron chi connectivity index (χ4n) is 1.57. The predicted molar refractivity (Wildman–Crippen MR) is 70.8 cm³/mol. The normalized spacial score (nSPS) is 11.6. The summed E-state index contributed by atoms with van der Waals surface area (Å²) in [6.45, 7) is 0. The summed E-state index contributed by atoms with van der Waals surface area (Å²) < 4.78 is 51.5. The number of nitrogens with zero attached hydrogens (tertiary/aromatic N) is 4. The summed E-state index contributed by atoms with van der Waals surface area (Å²) in [6, 6.07) is 5.76. The Balaban J connectivity index is 2.08. The van der Waals surface area contributed by atoms with E-state index in [4.69, 9.17) is 0 Å². The Hall–Kier alpha value is -2.25. The molecule has 20 heavy (non-hydrogen) atoms. The van der Waals surface area contributed by atoms with Crippen molar-refractivity contribution in [2.75, 3.05) is 0 Å². The minimum absolute atomic E-state index is 0.168. The van der Waals surface area contributed by atoms with Gasteiger partial charge in [0.1, 0.15) is 0 Å². The Kier molecular flexibility index (Phi) is 4.44. The van der Waals surface area contributed by atoms with Gasteiger partial charge in [-0.2, -0.15) is 10.2 Å². The maximum absolute atomic E-state index is 12.5. The summed E-state index contributed by atoms with van der Waals surface area (Å²) in [5.74, 6) is 0. The Bertz CT molecular complexity index is 566. The van der Waals surface area contributed by atoms with Crippen LogP contribution in [-0.2, 0) is 0 Å². The van der Waals surface area contributed by atoms with Crippen LogP contribution in [-0.4, -0.2) is 36.2 Å². The van der Waals surface area contributed by atoms with Crippen LogP contribution in [0.15, 0.2) is 46.9 Å². The van der Waals surface area contributed by atoms with Crippen molar-refractivity contribution in [2.24, 2.45) is 10.2 Å². The van der Waals surface area contributed by atoms with Gasteiger partial charge in [-0.25, -0.2) is 0 Å². The van der Waals surface area contributed by atoms with Gasteiger partial charge in [-0.3, -0.25) is 17.3 Å². The van der Waals surface area contributed by atoms with Crippen LogP contribution in [0.3, 0.4) is 0 Å². The van der Waals surface area contributed by atoms with E-state index in [1.54, 1.807) is 0 Å². The van der Waals surface area contributed by atoms with E-state index in [9.17, 15) is 17.3 Å². The van der Waals surface area contributed by atoms with Gasteiger partial charge in [0.25, 0.3) is 0 Å². The van der Waals surface area contributed by atoms with Crippen molar-refractivity contribution in [3.05, 3.63) is 48.0 Å². The predicted octanol–water partition coefficient (Wildman–Crippen LogP) is 2.29. The summed E-state index contributed by atoms with van der Waals surface area (Å²) in [4.78, 5) is 0. The van der Waals surface area contributed by atoms with Crippen LogP contribution in [0.4, 0.5) is 17.3 Å². The molecule has 102 valence electrons. The third kappa shape index (κ3) is 3.19. The van der Waals surface area contributed by atoms with E-state index in [-0.39, 0.29) is 11.4 Å². The summed E-state index contributed by atoms with van der Waals surface area (Å²) in [7, 11) is -5.35. The number of aromatic nitrogens is 2. The molecule has 4 nitrogen and oxygen atoms in total. The zero-order valence-corrected chi connectivity index (χ0v) is 10.1. The van der Waals surface area contributed by atoms with Crippen LogP contribution < -0.4 is 0 Å². The molecular weight excluding hydrogens is 274 g/mol. The zero-order valence-electron chi connectivity index (χ0n) is 10.1. The molecule has 0 spiro atoms. The fourth-order valence-corrected chi connectivity index (χ4v) is 1.57. The molecule has 2 heterocycles. The lowest BCUT2D eigenvalue weighted by Gasteiger charge is -1.99. The largest absolute Gasteiger partial charge is 0.677 e. The van der Waals surface area contributed by atoms with Crippen LogP contribution in [0.1, 0.15) is 11.4 Å². The second kappa shape index (κ2) is 6.27. The maximum Gasteiger partial charge on any atom is 0.677 e. The first-order chi connectivity index (χ1) is 9.59. The number of hydrogen-bond acceptors (Lipinski definition) is 2. The van der Waals surface area contributed by atoms with Gasteiger partial charge in [-0.15, -0.1) is 0 Å². The molecule has 2 aromatic heterocycles. The van der Waals surface area contributed by atoms with E-state index in [1.807, 2.05) is 0 Å². The van der Waals surface area contributed by atoms with E-state index in [1.165, 1.54) is 36.7 Å². The lowest BCUT2D eigenvalue weighted by atomic mass is 10.2. The van der Waals surface area contributed by atoms with Gasteiger partial charge >= 0.3 is 14.8 Å². The number of halogens is 4. The zero-order chi connectivity index (χ0) is 14.5. The molecule has 2 aromatic rings. The van der Waals surface area contributed by atoms with E-state index in [2.05, 4.69) is 10.2 Å². The molecule has 0 atom stereocenters. The van der Waals surface area contributed by atoms with Crippen molar-refractivity contribution < 1.29 is 17.3 Å². The number of rotatable bonds is 5. The SMILES string of the molecule is FB(F)n1cccc1/C=N/N=C/c1cccn1B(F)F. The lowest BCUT2D eigenvalue weighted by Crippen LogP contribution is -2.14. The van der Waals surface area contributed by atoms with Crippen LogP contribution in [0.2, 0.25) is 0 Å². The van der Waals surface area contributed by atoms with Crippen molar-refractivity contribution in [2.45, 2.75) is 0 Å². The topological polar surface area (TPSA) is 34.6 Å². The Morgan fingerprint density at radius 1 is 0.800 bits per heavy atom. The highest BCUT2D eigenvalue weighted by Crippen LogP contribution is 2.04. The highest BCUT2D eigenvalue weighted by molar-refractivity contribution is 6.41. The third-order valence-electron chi connectivity index (χ3n) is 2.49. The molecule has 0 aromatic carbocycles. The molecule has 0 saturated carbocycles. The van der Waals surface area contributed by atoms with Crippen LogP contribution in [0, 0.1) is 0 Å². The van der Waals surface area contributed by atoms with Gasteiger partial charge in [0.2, 0.25) is 0 Å². The second-order valence-electron chi connectivity index (χ2n) is 3.73. The standard InChI is InChI=1S/C10H8B2F4N4/c13-11(14)19-5-1-3-9(19)7-17-18-8-10-4-2-6-20(10)12(15)16/h1-8H/b17-7+,18-8+. The van der Waals surface area contributed by atoms with Gasteiger partial charge in [0.05, 0.1) is 23.8 Å². The fraction of sp³-hybridized carbons (Fsp3) is 0. The van der Waals surface area contributed by atoms with Gasteiger partial charge < -0.3 is 8.96 Å². The summed E-state index contributed by atoms with van der Waals surface area (Å²) in [5, 5.41) is 7.13. The van der Waals surface area contributed by atoms with Crippen molar-refractivity contribution in [3.63, 3.8) is 0 Å². The molecule has 0 radical (unpaired) electrons. The quantitative estimate of drug-likeness (QED) is 0.349. The second-order valence-corrected chi connectivity index (χ2v) is 3.73. The van der Waals surface area contributed by atoms with E-state index >= 15 is 0 Å². The molecule has 2 rings (SSSR count). The van der Waals surface area contributed by atoms with Gasteiger partial charge in [-0.05, 0) is 36.7 Å². The third-order valence-corrected chi connectivity index (χ3v) is 2.49. The highest BCUT2D eigenvalue weighted by Gasteiger charge is 2.18. The maximum atomic E-state index is 12.5. The molecule has 10 heteroatoms. The van der Waals surface area contributed by atoms with E-state index < -0.39 is 14.8 Å². The van der Waals surface area contributed by atoms with E-state index in [0.29, 0.717) is 8.96 Å². The molecule has 0 aliphatic rings. The summed E-state index contributed by atoms with van der Waals surface area (Å²) >= 11 is 0. The smallest absolute Gasteiger partial charge is 0.331 e. The number of hydrogen-bond donors (Lipinski definition) is 0. The summed E-state index contributed by atoms with van der Waals surface area (Å²) in [6.07, 6.45) is 4.66. The molecule has 0 saturated heterocycles. The van der Waals surface area contributed by atoms with Crippen LogP contribution >= 0.6 is 0 Å². The average Bonchev–Trinajstić information content (AvgIpc) is 3.03. The minimum Gasteiger partial charge on any atom is -0.331 e.